The Bertz CT molecular complexity index is 686. The van der Waals surface area contributed by atoms with E-state index in [4.69, 9.17) is 16.7 Å². The topological polar surface area (TPSA) is 66.4 Å². The van der Waals surface area contributed by atoms with Crippen molar-refractivity contribution in [2.45, 2.75) is 6.42 Å². The monoisotopic (exact) mass is 367 g/mol. The highest BCUT2D eigenvalue weighted by Crippen LogP contribution is 2.22. The zero-order valence-electron chi connectivity index (χ0n) is 10.8. The second kappa shape index (κ2) is 6.74. The summed E-state index contributed by atoms with van der Waals surface area (Å²) in [5, 5.41) is 12.0. The van der Waals surface area contributed by atoms with Crippen LogP contribution in [0.25, 0.3) is 0 Å². The van der Waals surface area contributed by atoms with Crippen LogP contribution in [0, 0.1) is 0 Å². The van der Waals surface area contributed by atoms with Gasteiger partial charge in [-0.3, -0.25) is 9.59 Å². The third-order valence-corrected chi connectivity index (χ3v) is 3.63. The summed E-state index contributed by atoms with van der Waals surface area (Å²) in [5.41, 5.74) is 1.73. The number of benzene rings is 2. The quantitative estimate of drug-likeness (QED) is 0.858. The number of hydrogen-bond acceptors (Lipinski definition) is 2. The number of nitrogens with one attached hydrogen (secondary N) is 1. The number of carboxylic acid groups (broad SMARTS) is 1. The van der Waals surface area contributed by atoms with E-state index in [1.807, 2.05) is 0 Å². The number of carbonyl (C=O) groups excluding carboxylic acids is 1. The van der Waals surface area contributed by atoms with Gasteiger partial charge in [0.15, 0.2) is 0 Å². The number of anilines is 1. The molecule has 0 radical (unpaired) electrons. The molecule has 6 heteroatoms. The smallest absolute Gasteiger partial charge is 0.307 e. The first-order valence-electron chi connectivity index (χ1n) is 6.03. The molecule has 2 N–H and O–H groups in total. The minimum absolute atomic E-state index is 0.0447. The van der Waals surface area contributed by atoms with E-state index in [-0.39, 0.29) is 12.3 Å². The fraction of sp³-hybridized carbons (Fsp3) is 0.0667. The van der Waals surface area contributed by atoms with E-state index in [1.165, 1.54) is 0 Å². The highest BCUT2D eigenvalue weighted by Gasteiger charge is 2.10. The lowest BCUT2D eigenvalue weighted by atomic mass is 10.1. The van der Waals surface area contributed by atoms with Gasteiger partial charge in [-0.05, 0) is 51.8 Å². The van der Waals surface area contributed by atoms with Crippen molar-refractivity contribution >= 4 is 45.1 Å². The van der Waals surface area contributed by atoms with Crippen molar-refractivity contribution in [3.63, 3.8) is 0 Å². The first-order valence-corrected chi connectivity index (χ1v) is 7.20. The van der Waals surface area contributed by atoms with Crippen LogP contribution in [0.5, 0.6) is 0 Å². The molecule has 2 aromatic carbocycles. The normalized spacial score (nSPS) is 10.2. The van der Waals surface area contributed by atoms with Gasteiger partial charge in [0.05, 0.1) is 12.0 Å². The Balaban J connectivity index is 2.10. The molecule has 0 aliphatic carbocycles. The summed E-state index contributed by atoms with van der Waals surface area (Å²) in [7, 11) is 0. The summed E-state index contributed by atoms with van der Waals surface area (Å²) in [5.74, 6) is -1.17. The van der Waals surface area contributed by atoms with E-state index in [0.29, 0.717) is 26.3 Å². The molecule has 4 nitrogen and oxygen atoms in total. The predicted octanol–water partition coefficient (Wildman–Crippen LogP) is 3.98. The maximum absolute atomic E-state index is 12.1. The van der Waals surface area contributed by atoms with Crippen molar-refractivity contribution in [3.8, 4) is 0 Å². The number of aliphatic carboxylic acids is 1. The summed E-state index contributed by atoms with van der Waals surface area (Å²) in [6.07, 6.45) is -0.0447. The Morgan fingerprint density at radius 2 is 1.81 bits per heavy atom. The van der Waals surface area contributed by atoms with Crippen LogP contribution in [0.3, 0.4) is 0 Å². The van der Waals surface area contributed by atoms with Crippen LogP contribution in [0.2, 0.25) is 5.02 Å². The highest BCUT2D eigenvalue weighted by atomic mass is 79.9. The summed E-state index contributed by atoms with van der Waals surface area (Å²) < 4.78 is 0.606. The number of amides is 1. The van der Waals surface area contributed by atoms with E-state index >= 15 is 0 Å². The Hall–Kier alpha value is -1.85. The molecule has 0 aliphatic rings. The molecule has 2 rings (SSSR count). The molecular formula is C15H11BrClNO3. The average molecular weight is 369 g/mol. The van der Waals surface area contributed by atoms with E-state index in [0.717, 1.165) is 0 Å². The Labute approximate surface area is 134 Å². The van der Waals surface area contributed by atoms with Gasteiger partial charge < -0.3 is 10.4 Å². The molecule has 0 saturated heterocycles. The maximum atomic E-state index is 12.1. The maximum Gasteiger partial charge on any atom is 0.307 e. The van der Waals surface area contributed by atoms with E-state index in [9.17, 15) is 9.59 Å². The molecule has 0 bridgehead atoms. The van der Waals surface area contributed by atoms with Gasteiger partial charge in [-0.2, -0.15) is 0 Å². The molecule has 0 heterocycles. The second-order valence-corrected chi connectivity index (χ2v) is 5.64. The molecule has 0 atom stereocenters. The van der Waals surface area contributed by atoms with Gasteiger partial charge in [-0.15, -0.1) is 0 Å². The molecule has 2 aromatic rings. The Kier molecular flexibility index (Phi) is 4.98. The SMILES string of the molecule is O=C(O)Cc1ccc(NC(=O)c2ccc(Cl)cc2Br)cc1. The van der Waals surface area contributed by atoms with Crippen molar-refractivity contribution in [2.75, 3.05) is 5.32 Å². The number of halogens is 2. The molecule has 0 unspecified atom stereocenters. The molecular weight excluding hydrogens is 358 g/mol. The van der Waals surface area contributed by atoms with Crippen LogP contribution in [0.1, 0.15) is 15.9 Å². The zero-order chi connectivity index (χ0) is 15.4. The van der Waals surface area contributed by atoms with Crippen LogP contribution in [0.4, 0.5) is 5.69 Å². The van der Waals surface area contributed by atoms with Crippen molar-refractivity contribution in [1.29, 1.82) is 0 Å². The van der Waals surface area contributed by atoms with Gasteiger partial charge in [0.25, 0.3) is 5.91 Å². The third kappa shape index (κ3) is 4.31. The van der Waals surface area contributed by atoms with Crippen molar-refractivity contribution < 1.29 is 14.7 Å². The fourth-order valence-corrected chi connectivity index (χ4v) is 2.62. The minimum Gasteiger partial charge on any atom is -0.481 e. The summed E-state index contributed by atoms with van der Waals surface area (Å²) in [4.78, 5) is 22.7. The largest absolute Gasteiger partial charge is 0.481 e. The predicted molar refractivity (Wildman–Crippen MR) is 84.9 cm³/mol. The molecule has 0 aliphatic heterocycles. The average Bonchev–Trinajstić information content (AvgIpc) is 2.40. The molecule has 0 spiro atoms. The summed E-state index contributed by atoms with van der Waals surface area (Å²) in [6, 6.07) is 11.6. The van der Waals surface area contributed by atoms with E-state index in [2.05, 4.69) is 21.2 Å². The van der Waals surface area contributed by atoms with Gasteiger partial charge in [0.1, 0.15) is 0 Å². The van der Waals surface area contributed by atoms with Crippen LogP contribution in [0.15, 0.2) is 46.9 Å². The fourth-order valence-electron chi connectivity index (χ4n) is 1.75. The van der Waals surface area contributed by atoms with Crippen LogP contribution >= 0.6 is 27.5 Å². The second-order valence-electron chi connectivity index (χ2n) is 4.35. The highest BCUT2D eigenvalue weighted by molar-refractivity contribution is 9.10. The lowest BCUT2D eigenvalue weighted by molar-refractivity contribution is -0.136. The lowest BCUT2D eigenvalue weighted by Gasteiger charge is -2.08. The standard InChI is InChI=1S/C15H11BrClNO3/c16-13-8-10(17)3-6-12(13)15(21)18-11-4-1-9(2-5-11)7-14(19)20/h1-6,8H,7H2,(H,18,21)(H,19,20). The lowest BCUT2D eigenvalue weighted by Crippen LogP contribution is -2.12. The van der Waals surface area contributed by atoms with Gasteiger partial charge in [-0.1, -0.05) is 23.7 Å². The molecule has 0 saturated carbocycles. The summed E-state index contributed by atoms with van der Waals surface area (Å²) in [6.45, 7) is 0. The van der Waals surface area contributed by atoms with Gasteiger partial charge in [0, 0.05) is 15.2 Å². The van der Waals surface area contributed by atoms with Gasteiger partial charge in [-0.25, -0.2) is 0 Å². The number of carbonyl (C=O) groups is 2. The van der Waals surface area contributed by atoms with Crippen LogP contribution in [-0.4, -0.2) is 17.0 Å². The Morgan fingerprint density at radius 1 is 1.14 bits per heavy atom. The van der Waals surface area contributed by atoms with E-state index < -0.39 is 5.97 Å². The van der Waals surface area contributed by atoms with Crippen molar-refractivity contribution in [3.05, 3.63) is 63.1 Å². The number of carboxylic acids is 1. The summed E-state index contributed by atoms with van der Waals surface area (Å²) >= 11 is 9.12. The zero-order valence-corrected chi connectivity index (χ0v) is 13.1. The van der Waals surface area contributed by atoms with Crippen LogP contribution < -0.4 is 5.32 Å². The van der Waals surface area contributed by atoms with Crippen LogP contribution in [-0.2, 0) is 11.2 Å². The molecule has 21 heavy (non-hydrogen) atoms. The number of rotatable bonds is 4. The molecule has 108 valence electrons. The molecule has 0 aromatic heterocycles. The first kappa shape index (κ1) is 15.5. The van der Waals surface area contributed by atoms with Gasteiger partial charge >= 0.3 is 5.97 Å². The molecule has 0 fully saturated rings. The van der Waals surface area contributed by atoms with Crippen molar-refractivity contribution in [2.24, 2.45) is 0 Å². The Morgan fingerprint density at radius 3 is 2.38 bits per heavy atom. The minimum atomic E-state index is -0.892. The molecule has 1 amide bonds. The van der Waals surface area contributed by atoms with E-state index in [1.54, 1.807) is 42.5 Å². The van der Waals surface area contributed by atoms with Gasteiger partial charge in [0.2, 0.25) is 0 Å². The third-order valence-electron chi connectivity index (χ3n) is 2.74. The first-order chi connectivity index (χ1) is 9.95. The number of hydrogen-bond donors (Lipinski definition) is 2. The van der Waals surface area contributed by atoms with Crippen molar-refractivity contribution in [1.82, 2.24) is 0 Å².